The summed E-state index contributed by atoms with van der Waals surface area (Å²) in [6.45, 7) is 0. The topological polar surface area (TPSA) is 196 Å². The fourth-order valence-corrected chi connectivity index (χ4v) is 6.75. The number of oxazole rings is 1. The molecule has 4 heterocycles. The van der Waals surface area contributed by atoms with Crippen molar-refractivity contribution in [3.8, 4) is 17.1 Å². The Hall–Kier alpha value is -3.02. The molecule has 2 aliphatic heterocycles. The number of amides is 2. The van der Waals surface area contributed by atoms with Gasteiger partial charge in [-0.2, -0.15) is 0 Å². The third kappa shape index (κ3) is 6.01. The Labute approximate surface area is 261 Å². The number of hydrogen-bond acceptors (Lipinski definition) is 14. The number of benzene rings is 1. The quantitative estimate of drug-likeness (QED) is 0.0767. The van der Waals surface area contributed by atoms with Crippen LogP contribution in [0.4, 0.5) is 5.13 Å². The first-order valence-electron chi connectivity index (χ1n) is 11.2. The molecule has 0 spiro atoms. The van der Waals surface area contributed by atoms with Gasteiger partial charge in [-0.05, 0) is 29.8 Å². The minimum atomic E-state index is -1.49. The first kappa shape index (κ1) is 30.0. The Kier molecular flexibility index (Phi) is 9.48. The molecule has 202 valence electrons. The van der Waals surface area contributed by atoms with Crippen molar-refractivity contribution >= 4 is 63.5 Å². The molecule has 1 aromatic carbocycles. The minimum absolute atomic E-state index is 0. The van der Waals surface area contributed by atoms with E-state index in [2.05, 4.69) is 20.4 Å². The van der Waals surface area contributed by atoms with E-state index in [1.165, 1.54) is 54.3 Å². The van der Waals surface area contributed by atoms with Gasteiger partial charge >= 0.3 is 29.6 Å². The molecule has 5 rings (SSSR count). The molecule has 1 saturated heterocycles. The van der Waals surface area contributed by atoms with Crippen molar-refractivity contribution in [3.05, 3.63) is 52.8 Å². The Morgan fingerprint density at radius 3 is 2.77 bits per heavy atom. The normalized spacial score (nSPS) is 18.5. The number of thiazole rings is 1. The Balaban J connectivity index is 0.00000370. The Bertz CT molecular complexity index is 1510. The fourth-order valence-electron chi connectivity index (χ4n) is 3.92. The predicted octanol–water partition coefficient (Wildman–Crippen LogP) is -2.36. The van der Waals surface area contributed by atoms with E-state index in [4.69, 9.17) is 15.0 Å². The van der Waals surface area contributed by atoms with Crippen molar-refractivity contribution in [1.29, 1.82) is 0 Å². The van der Waals surface area contributed by atoms with Crippen LogP contribution in [0.15, 0.2) is 61.9 Å². The molecule has 0 bridgehead atoms. The number of nitrogen functional groups attached to an aromatic ring is 1. The molecule has 0 radical (unpaired) electrons. The second-order valence-corrected chi connectivity index (χ2v) is 11.0. The maximum atomic E-state index is 13.0. The first-order valence-corrected chi connectivity index (χ1v) is 14.1. The number of oxime groups is 1. The van der Waals surface area contributed by atoms with Gasteiger partial charge in [0.1, 0.15) is 30.0 Å². The van der Waals surface area contributed by atoms with Crippen LogP contribution in [0, 0.1) is 0 Å². The molecule has 13 nitrogen and oxygen atoms in total. The van der Waals surface area contributed by atoms with Crippen LogP contribution in [0.5, 0.6) is 5.75 Å². The third-order valence-electron chi connectivity index (χ3n) is 5.70. The number of anilines is 1. The largest absolute Gasteiger partial charge is 1.00 e. The average Bonchev–Trinajstić information content (AvgIpc) is 3.57. The SMILES string of the molecule is CON=C(C(=O)N[C@@H]1C(=O)N2C(C(=O)[O-])=C(CSc3ncc(-c4ccc(O)cc4)o3)CS[C@H]12)c1csc(N)n1.[Na+]. The van der Waals surface area contributed by atoms with E-state index < -0.39 is 29.2 Å². The van der Waals surface area contributed by atoms with Gasteiger partial charge in [0, 0.05) is 22.4 Å². The van der Waals surface area contributed by atoms with Crippen molar-refractivity contribution < 1.29 is 63.4 Å². The molecular weight excluding hydrogens is 591 g/mol. The van der Waals surface area contributed by atoms with Crippen molar-refractivity contribution in [2.75, 3.05) is 24.3 Å². The van der Waals surface area contributed by atoms with Crippen LogP contribution in [0.1, 0.15) is 5.69 Å². The van der Waals surface area contributed by atoms with E-state index in [1.54, 1.807) is 12.1 Å². The van der Waals surface area contributed by atoms with E-state index in [1.807, 2.05) is 0 Å². The van der Waals surface area contributed by atoms with Crippen LogP contribution in [-0.2, 0) is 19.2 Å². The van der Waals surface area contributed by atoms with Crippen molar-refractivity contribution in [2.45, 2.75) is 16.6 Å². The molecule has 40 heavy (non-hydrogen) atoms. The van der Waals surface area contributed by atoms with Crippen molar-refractivity contribution in [1.82, 2.24) is 20.2 Å². The van der Waals surface area contributed by atoms with Gasteiger partial charge in [0.25, 0.3) is 17.0 Å². The van der Waals surface area contributed by atoms with E-state index in [0.717, 1.165) is 16.2 Å². The van der Waals surface area contributed by atoms with Gasteiger partial charge in [-0.3, -0.25) is 14.5 Å². The average molecular weight is 611 g/mol. The zero-order valence-electron chi connectivity index (χ0n) is 21.0. The molecule has 0 aliphatic carbocycles. The maximum Gasteiger partial charge on any atom is 1.00 e. The zero-order chi connectivity index (χ0) is 27.7. The summed E-state index contributed by atoms with van der Waals surface area (Å²) in [6.07, 6.45) is 1.53. The molecule has 2 atom stereocenters. The van der Waals surface area contributed by atoms with Crippen LogP contribution in [0.2, 0.25) is 0 Å². The van der Waals surface area contributed by atoms with Gasteiger partial charge in [-0.25, -0.2) is 9.97 Å². The van der Waals surface area contributed by atoms with E-state index in [-0.39, 0.29) is 69.0 Å². The summed E-state index contributed by atoms with van der Waals surface area (Å²) in [5.74, 6) is -1.72. The second kappa shape index (κ2) is 12.7. The Morgan fingerprint density at radius 1 is 1.38 bits per heavy atom. The number of thioether (sulfide) groups is 2. The number of carboxylic acids is 1. The summed E-state index contributed by atoms with van der Waals surface area (Å²) in [7, 11) is 1.26. The number of aromatic nitrogens is 2. The number of aromatic hydroxyl groups is 1. The van der Waals surface area contributed by atoms with Gasteiger partial charge in [0.2, 0.25) is 0 Å². The summed E-state index contributed by atoms with van der Waals surface area (Å²) in [4.78, 5) is 52.0. The van der Waals surface area contributed by atoms with Gasteiger partial charge in [-0.1, -0.05) is 16.9 Å². The van der Waals surface area contributed by atoms with Crippen LogP contribution >= 0.6 is 34.9 Å². The number of carbonyl (C=O) groups is 3. The van der Waals surface area contributed by atoms with Gasteiger partial charge < -0.3 is 35.3 Å². The van der Waals surface area contributed by atoms with Gasteiger partial charge in [0.15, 0.2) is 16.6 Å². The van der Waals surface area contributed by atoms with Gasteiger partial charge in [0.05, 0.1) is 17.9 Å². The number of aliphatic carboxylic acids is 1. The number of hydrogen-bond donors (Lipinski definition) is 3. The molecule has 0 unspecified atom stereocenters. The van der Waals surface area contributed by atoms with E-state index in [0.29, 0.717) is 22.1 Å². The molecule has 17 heteroatoms. The second-order valence-electron chi connectivity index (χ2n) is 8.12. The zero-order valence-corrected chi connectivity index (χ0v) is 25.5. The van der Waals surface area contributed by atoms with Crippen LogP contribution in [0.25, 0.3) is 11.3 Å². The van der Waals surface area contributed by atoms with E-state index in [9.17, 15) is 24.6 Å². The first-order chi connectivity index (χ1) is 18.8. The fraction of sp³-hybridized carbons (Fsp3) is 0.217. The number of phenolic OH excluding ortho intramolecular Hbond substituents is 1. The molecule has 2 amide bonds. The Morgan fingerprint density at radius 2 is 2.12 bits per heavy atom. The summed E-state index contributed by atoms with van der Waals surface area (Å²) in [5.41, 5.74) is 6.61. The number of fused-ring (bicyclic) bond motifs is 1. The molecule has 2 aromatic heterocycles. The summed E-state index contributed by atoms with van der Waals surface area (Å²) in [6, 6.07) is 5.43. The number of nitrogens with zero attached hydrogens (tertiary/aromatic N) is 4. The summed E-state index contributed by atoms with van der Waals surface area (Å²) >= 11 is 3.59. The molecule has 2 aliphatic rings. The third-order valence-corrected chi connectivity index (χ3v) is 8.64. The van der Waals surface area contributed by atoms with Crippen molar-refractivity contribution in [3.63, 3.8) is 0 Å². The summed E-state index contributed by atoms with van der Waals surface area (Å²) < 4.78 is 5.74. The number of carbonyl (C=O) groups excluding carboxylic acids is 3. The van der Waals surface area contributed by atoms with Crippen LogP contribution in [-0.4, -0.2) is 73.5 Å². The molecule has 3 aromatic rings. The number of nitrogens with two attached hydrogens (primary N) is 1. The predicted molar refractivity (Wildman–Crippen MR) is 141 cm³/mol. The number of phenols is 1. The standard InChI is InChI=1S/C23H20N6O7S3.Na/c1-35-28-15(13-9-38-22(24)26-13)18(31)27-16-19(32)29-17(21(33)34)11(7-37-20(16)29)8-39-23-25-6-14(36-23)10-2-4-12(30)5-3-10;/h2-6,9,16,20,30H,7-8H2,1H3,(H2,24,26)(H,27,31)(H,33,34);/q;+1/p-1/t16-,20-;/m1./s1. The summed E-state index contributed by atoms with van der Waals surface area (Å²) in [5, 5.41) is 29.2. The number of carboxylic acid groups (broad SMARTS) is 1. The monoisotopic (exact) mass is 610 g/mol. The van der Waals surface area contributed by atoms with Crippen LogP contribution in [0.3, 0.4) is 0 Å². The smallest absolute Gasteiger partial charge is 0.543 e. The molecule has 1 fully saturated rings. The number of rotatable bonds is 9. The van der Waals surface area contributed by atoms with Gasteiger partial charge in [-0.15, -0.1) is 23.1 Å². The number of β-lactam (4-membered cyclic amide) rings is 1. The van der Waals surface area contributed by atoms with E-state index >= 15 is 0 Å². The molecule has 4 N–H and O–H groups in total. The molecule has 0 saturated carbocycles. The van der Waals surface area contributed by atoms with Crippen LogP contribution < -0.4 is 45.7 Å². The number of nitrogens with one attached hydrogen (secondary N) is 1. The minimum Gasteiger partial charge on any atom is -0.543 e. The van der Waals surface area contributed by atoms with Crippen molar-refractivity contribution in [2.24, 2.45) is 5.16 Å². The molecular formula is C23H19N6NaO7S3. The maximum absolute atomic E-state index is 13.0.